The monoisotopic (exact) mass is 319 g/mol. The molecule has 6 heteroatoms. The summed E-state index contributed by atoms with van der Waals surface area (Å²) in [4.78, 5) is 16.8. The van der Waals surface area contributed by atoms with Crippen LogP contribution in [0.4, 0.5) is 5.69 Å². The van der Waals surface area contributed by atoms with Crippen LogP contribution in [0.15, 0.2) is 30.3 Å². The van der Waals surface area contributed by atoms with Crippen molar-refractivity contribution in [2.24, 2.45) is 5.73 Å². The number of rotatable bonds is 3. The summed E-state index contributed by atoms with van der Waals surface area (Å²) in [6.45, 7) is 3.67. The fraction of sp³-hybridized carbons (Fsp3) is 0.133. The van der Waals surface area contributed by atoms with E-state index in [-0.39, 0.29) is 10.9 Å². The highest BCUT2D eigenvalue weighted by atomic mass is 35.5. The summed E-state index contributed by atoms with van der Waals surface area (Å²) < 4.78 is 0. The molecule has 0 saturated carbocycles. The lowest BCUT2D eigenvalue weighted by molar-refractivity contribution is 0.102. The first-order chi connectivity index (χ1) is 9.88. The van der Waals surface area contributed by atoms with Gasteiger partial charge in [0.15, 0.2) is 0 Å². The first kappa shape index (κ1) is 15.4. The molecule has 0 radical (unpaired) electrons. The van der Waals surface area contributed by atoms with Crippen LogP contribution in [0.5, 0.6) is 0 Å². The fourth-order valence-corrected chi connectivity index (χ4v) is 2.24. The summed E-state index contributed by atoms with van der Waals surface area (Å²) in [5.74, 6) is -0.259. The third kappa shape index (κ3) is 3.56. The summed E-state index contributed by atoms with van der Waals surface area (Å²) >= 11 is 11.0. The highest BCUT2D eigenvalue weighted by Gasteiger charge is 2.12. The number of pyridine rings is 1. The molecule has 1 aromatic heterocycles. The number of carbonyl (C=O) groups excluding carboxylic acids is 1. The molecule has 0 aliphatic heterocycles. The molecule has 0 unspecified atom stereocenters. The average Bonchev–Trinajstić information content (AvgIpc) is 2.40. The Balaban J connectivity index is 2.25. The number of aromatic nitrogens is 1. The predicted octanol–water partition coefficient (Wildman–Crippen LogP) is 3.24. The lowest BCUT2D eigenvalue weighted by Gasteiger charge is -2.10. The van der Waals surface area contributed by atoms with E-state index in [1.807, 2.05) is 6.92 Å². The summed E-state index contributed by atoms with van der Waals surface area (Å²) in [6.07, 6.45) is 0. The number of nitrogens with zero attached hydrogens (tertiary/aromatic N) is 1. The molecule has 0 atom stereocenters. The minimum atomic E-state index is -0.259. The van der Waals surface area contributed by atoms with Gasteiger partial charge in [-0.1, -0.05) is 23.8 Å². The van der Waals surface area contributed by atoms with E-state index in [1.54, 1.807) is 37.3 Å². The van der Waals surface area contributed by atoms with Gasteiger partial charge in [0.05, 0.1) is 22.0 Å². The SMILES string of the molecule is Cc1ccc(C(=O)Nc2ccc(C(N)=S)cc2Cl)c(C)n1. The van der Waals surface area contributed by atoms with Crippen molar-refractivity contribution < 1.29 is 4.79 Å². The molecule has 1 heterocycles. The molecule has 3 N–H and O–H groups in total. The topological polar surface area (TPSA) is 68.0 Å². The zero-order valence-electron chi connectivity index (χ0n) is 11.6. The lowest BCUT2D eigenvalue weighted by atomic mass is 10.1. The number of thiocarbonyl (C=S) groups is 1. The Bertz CT molecular complexity index is 731. The van der Waals surface area contributed by atoms with Gasteiger partial charge >= 0.3 is 0 Å². The smallest absolute Gasteiger partial charge is 0.257 e. The van der Waals surface area contributed by atoms with Gasteiger partial charge in [0.25, 0.3) is 5.91 Å². The summed E-state index contributed by atoms with van der Waals surface area (Å²) in [7, 11) is 0. The minimum absolute atomic E-state index is 0.258. The molecule has 21 heavy (non-hydrogen) atoms. The Morgan fingerprint density at radius 1 is 1.29 bits per heavy atom. The Kier molecular flexibility index (Phi) is 4.55. The number of amides is 1. The fourth-order valence-electron chi connectivity index (χ4n) is 1.89. The number of halogens is 1. The summed E-state index contributed by atoms with van der Waals surface area (Å²) in [5.41, 5.74) is 8.73. The van der Waals surface area contributed by atoms with Crippen LogP contribution in [-0.4, -0.2) is 15.9 Å². The van der Waals surface area contributed by atoms with Crippen LogP contribution in [0.1, 0.15) is 27.3 Å². The summed E-state index contributed by atoms with van der Waals surface area (Å²) in [6, 6.07) is 8.54. The van der Waals surface area contributed by atoms with E-state index in [4.69, 9.17) is 29.6 Å². The van der Waals surface area contributed by atoms with Crippen molar-refractivity contribution in [1.29, 1.82) is 0 Å². The number of nitrogens with one attached hydrogen (secondary N) is 1. The Hall–Kier alpha value is -1.98. The molecule has 0 bridgehead atoms. The predicted molar refractivity (Wildman–Crippen MR) is 89.0 cm³/mol. The maximum atomic E-state index is 12.3. The minimum Gasteiger partial charge on any atom is -0.389 e. The van der Waals surface area contributed by atoms with Gasteiger partial charge in [0, 0.05) is 11.3 Å². The molecule has 2 rings (SSSR count). The molecule has 108 valence electrons. The number of aryl methyl sites for hydroxylation is 2. The quantitative estimate of drug-likeness (QED) is 0.852. The number of hydrogen-bond acceptors (Lipinski definition) is 3. The molecule has 0 fully saturated rings. The molecule has 0 aliphatic rings. The second kappa shape index (κ2) is 6.20. The third-order valence-electron chi connectivity index (χ3n) is 2.97. The van der Waals surface area contributed by atoms with Gasteiger partial charge in [-0.2, -0.15) is 0 Å². The van der Waals surface area contributed by atoms with Crippen molar-refractivity contribution in [3.63, 3.8) is 0 Å². The van der Waals surface area contributed by atoms with Crippen molar-refractivity contribution in [1.82, 2.24) is 4.98 Å². The van der Waals surface area contributed by atoms with E-state index in [2.05, 4.69) is 10.3 Å². The second-order valence-corrected chi connectivity index (χ2v) is 5.45. The van der Waals surface area contributed by atoms with E-state index < -0.39 is 0 Å². The molecule has 1 aromatic carbocycles. The van der Waals surface area contributed by atoms with Crippen LogP contribution in [0.3, 0.4) is 0 Å². The van der Waals surface area contributed by atoms with Crippen LogP contribution in [0.25, 0.3) is 0 Å². The van der Waals surface area contributed by atoms with E-state index in [9.17, 15) is 4.79 Å². The van der Waals surface area contributed by atoms with Crippen LogP contribution in [0, 0.1) is 13.8 Å². The Morgan fingerprint density at radius 3 is 2.57 bits per heavy atom. The molecular formula is C15H14ClN3OS. The number of nitrogens with two attached hydrogens (primary N) is 1. The molecule has 0 aliphatic carbocycles. The molecule has 1 amide bonds. The van der Waals surface area contributed by atoms with Gasteiger partial charge < -0.3 is 11.1 Å². The van der Waals surface area contributed by atoms with E-state index in [0.29, 0.717) is 27.5 Å². The van der Waals surface area contributed by atoms with Crippen molar-refractivity contribution in [3.05, 3.63) is 57.9 Å². The maximum Gasteiger partial charge on any atom is 0.257 e. The van der Waals surface area contributed by atoms with E-state index in [0.717, 1.165) is 5.69 Å². The Labute approximate surface area is 133 Å². The molecule has 0 saturated heterocycles. The van der Waals surface area contributed by atoms with Gasteiger partial charge in [0.2, 0.25) is 0 Å². The van der Waals surface area contributed by atoms with E-state index in [1.165, 1.54) is 0 Å². The van der Waals surface area contributed by atoms with Crippen LogP contribution >= 0.6 is 23.8 Å². The molecular weight excluding hydrogens is 306 g/mol. The first-order valence-corrected chi connectivity index (χ1v) is 7.02. The second-order valence-electron chi connectivity index (χ2n) is 4.60. The van der Waals surface area contributed by atoms with Crippen LogP contribution in [0.2, 0.25) is 5.02 Å². The largest absolute Gasteiger partial charge is 0.389 e. The molecule has 0 spiro atoms. The molecule has 4 nitrogen and oxygen atoms in total. The average molecular weight is 320 g/mol. The van der Waals surface area contributed by atoms with Crippen LogP contribution < -0.4 is 11.1 Å². The highest BCUT2D eigenvalue weighted by Crippen LogP contribution is 2.24. The van der Waals surface area contributed by atoms with Crippen molar-refractivity contribution in [2.75, 3.05) is 5.32 Å². The first-order valence-electron chi connectivity index (χ1n) is 6.23. The van der Waals surface area contributed by atoms with Gasteiger partial charge in [-0.3, -0.25) is 9.78 Å². The van der Waals surface area contributed by atoms with Crippen molar-refractivity contribution in [2.45, 2.75) is 13.8 Å². The maximum absolute atomic E-state index is 12.3. The number of carbonyl (C=O) groups is 1. The normalized spacial score (nSPS) is 10.2. The van der Waals surface area contributed by atoms with E-state index >= 15 is 0 Å². The number of benzene rings is 1. The molecule has 2 aromatic rings. The Morgan fingerprint density at radius 2 is 2.00 bits per heavy atom. The van der Waals surface area contributed by atoms with Crippen LogP contribution in [-0.2, 0) is 0 Å². The van der Waals surface area contributed by atoms with Gasteiger partial charge in [-0.05, 0) is 44.2 Å². The summed E-state index contributed by atoms with van der Waals surface area (Å²) in [5, 5.41) is 3.14. The lowest BCUT2D eigenvalue weighted by Crippen LogP contribution is -2.15. The zero-order chi connectivity index (χ0) is 15.6. The van der Waals surface area contributed by atoms with Gasteiger partial charge in [-0.25, -0.2) is 0 Å². The highest BCUT2D eigenvalue weighted by molar-refractivity contribution is 7.80. The standard InChI is InChI=1S/C15H14ClN3OS/c1-8-3-5-11(9(2)18-8)15(20)19-13-6-4-10(14(17)21)7-12(13)16/h3-7H,1-2H3,(H2,17,21)(H,19,20). The van der Waals surface area contributed by atoms with Crippen molar-refractivity contribution in [3.8, 4) is 0 Å². The third-order valence-corrected chi connectivity index (χ3v) is 3.52. The van der Waals surface area contributed by atoms with Gasteiger partial charge in [0.1, 0.15) is 4.99 Å². The number of anilines is 1. The number of hydrogen-bond donors (Lipinski definition) is 2. The van der Waals surface area contributed by atoms with Gasteiger partial charge in [-0.15, -0.1) is 0 Å². The zero-order valence-corrected chi connectivity index (χ0v) is 13.2. The van der Waals surface area contributed by atoms with Crippen molar-refractivity contribution >= 4 is 40.4 Å².